The third-order valence-electron chi connectivity index (χ3n) is 5.96. The first-order chi connectivity index (χ1) is 15.7. The summed E-state index contributed by atoms with van der Waals surface area (Å²) >= 11 is 0. The third-order valence-corrected chi connectivity index (χ3v) is 5.96. The van der Waals surface area contributed by atoms with Gasteiger partial charge in [-0.25, -0.2) is 4.98 Å². The normalized spacial score (nSPS) is 16.1. The van der Waals surface area contributed by atoms with Crippen molar-refractivity contribution in [2.45, 2.75) is 18.9 Å². The van der Waals surface area contributed by atoms with Gasteiger partial charge in [0.15, 0.2) is 0 Å². The van der Waals surface area contributed by atoms with E-state index >= 15 is 0 Å². The number of amides is 1. The van der Waals surface area contributed by atoms with Crippen molar-refractivity contribution in [3.63, 3.8) is 0 Å². The van der Waals surface area contributed by atoms with Crippen molar-refractivity contribution in [2.75, 3.05) is 23.3 Å². The molecule has 32 heavy (non-hydrogen) atoms. The Labute approximate surface area is 187 Å². The Bertz CT molecular complexity index is 1210. The van der Waals surface area contributed by atoms with Crippen LogP contribution in [0.2, 0.25) is 0 Å². The summed E-state index contributed by atoms with van der Waals surface area (Å²) < 4.78 is 2.04. The maximum atomic E-state index is 13.7. The molecule has 2 N–H and O–H groups in total. The number of rotatable bonds is 5. The van der Waals surface area contributed by atoms with E-state index < -0.39 is 0 Å². The van der Waals surface area contributed by atoms with Crippen LogP contribution in [0.25, 0.3) is 10.9 Å². The van der Waals surface area contributed by atoms with E-state index in [0.29, 0.717) is 11.4 Å². The van der Waals surface area contributed by atoms with Crippen LogP contribution in [-0.4, -0.2) is 39.6 Å². The first-order valence-corrected chi connectivity index (χ1v) is 10.9. The molecule has 4 heterocycles. The largest absolute Gasteiger partial charge is 0.355 e. The fraction of sp³-hybridized carbons (Fsp3) is 0.240. The van der Waals surface area contributed by atoms with Crippen molar-refractivity contribution in [3.8, 4) is 0 Å². The number of fused-ring (bicyclic) bond motifs is 1. The highest BCUT2D eigenvalue weighted by molar-refractivity contribution is 6.07. The molecule has 162 valence electrons. The average Bonchev–Trinajstić information content (AvgIpc) is 3.21. The first kappa shape index (κ1) is 20.2. The lowest BCUT2D eigenvalue weighted by molar-refractivity contribution is 0.0971. The number of hydrogen-bond acceptors (Lipinski definition) is 5. The van der Waals surface area contributed by atoms with Gasteiger partial charge in [-0.15, -0.1) is 0 Å². The lowest BCUT2D eigenvalue weighted by Gasteiger charge is -2.34. The molecule has 0 radical (unpaired) electrons. The zero-order valence-corrected chi connectivity index (χ0v) is 18.0. The minimum absolute atomic E-state index is 0.0306. The molecule has 7 heteroatoms. The minimum Gasteiger partial charge on any atom is -0.355 e. The fourth-order valence-corrected chi connectivity index (χ4v) is 4.23. The van der Waals surface area contributed by atoms with E-state index in [1.807, 2.05) is 71.4 Å². The summed E-state index contributed by atoms with van der Waals surface area (Å²) in [5.74, 6) is 0.665. The molecule has 3 aromatic heterocycles. The second-order valence-electron chi connectivity index (χ2n) is 8.14. The quantitative estimate of drug-likeness (QED) is 0.502. The molecule has 7 nitrogen and oxygen atoms in total. The molecule has 0 bridgehead atoms. The number of pyridine rings is 2. The van der Waals surface area contributed by atoms with Crippen molar-refractivity contribution in [1.29, 1.82) is 0 Å². The highest BCUT2D eigenvalue weighted by Crippen LogP contribution is 2.26. The van der Waals surface area contributed by atoms with Gasteiger partial charge in [-0.1, -0.05) is 0 Å². The van der Waals surface area contributed by atoms with Gasteiger partial charge < -0.3 is 15.2 Å². The van der Waals surface area contributed by atoms with Crippen LogP contribution < -0.4 is 15.5 Å². The van der Waals surface area contributed by atoms with Gasteiger partial charge in [-0.05, 0) is 67.9 Å². The number of piperidine rings is 1. The molecule has 1 saturated heterocycles. The fourth-order valence-electron chi connectivity index (χ4n) is 4.23. The van der Waals surface area contributed by atoms with E-state index in [-0.39, 0.29) is 11.9 Å². The second-order valence-corrected chi connectivity index (χ2v) is 8.14. The SMILES string of the molecule is Cn1ccc2cc(N(C(=O)c3ccc(Nc4ccncc4)cc3)[C@@H]3CCCNC3)ncc21. The van der Waals surface area contributed by atoms with Gasteiger partial charge in [0.05, 0.1) is 17.8 Å². The molecular formula is C25H26N6O. The van der Waals surface area contributed by atoms with E-state index in [9.17, 15) is 4.79 Å². The van der Waals surface area contributed by atoms with Gasteiger partial charge >= 0.3 is 0 Å². The maximum Gasteiger partial charge on any atom is 0.259 e. The predicted octanol–water partition coefficient (Wildman–Crippen LogP) is 4.11. The monoisotopic (exact) mass is 426 g/mol. The van der Waals surface area contributed by atoms with Gasteiger partial charge in [0.1, 0.15) is 5.82 Å². The number of benzene rings is 1. The van der Waals surface area contributed by atoms with Gasteiger partial charge in [-0.3, -0.25) is 14.7 Å². The maximum absolute atomic E-state index is 13.7. The number of carbonyl (C=O) groups is 1. The molecular weight excluding hydrogens is 400 g/mol. The van der Waals surface area contributed by atoms with Gasteiger partial charge in [0.2, 0.25) is 0 Å². The summed E-state index contributed by atoms with van der Waals surface area (Å²) in [5, 5.41) is 7.84. The smallest absolute Gasteiger partial charge is 0.259 e. The molecule has 4 aromatic rings. The highest BCUT2D eigenvalue weighted by atomic mass is 16.2. The molecule has 0 aliphatic carbocycles. The number of anilines is 3. The Morgan fingerprint density at radius 3 is 2.66 bits per heavy atom. The minimum atomic E-state index is -0.0306. The Kier molecular flexibility index (Phi) is 5.56. The van der Waals surface area contributed by atoms with Gasteiger partial charge in [0, 0.05) is 54.5 Å². The number of carbonyl (C=O) groups excluding carboxylic acids is 1. The molecule has 1 amide bonds. The van der Waals surface area contributed by atoms with E-state index in [1.54, 1.807) is 12.4 Å². The number of aryl methyl sites for hydroxylation is 1. The van der Waals surface area contributed by atoms with E-state index in [1.165, 1.54) is 0 Å². The van der Waals surface area contributed by atoms with E-state index in [2.05, 4.69) is 26.7 Å². The Morgan fingerprint density at radius 2 is 1.91 bits per heavy atom. The van der Waals surface area contributed by atoms with Crippen molar-refractivity contribution < 1.29 is 4.79 Å². The van der Waals surface area contributed by atoms with Crippen LogP contribution in [0, 0.1) is 0 Å². The Balaban J connectivity index is 1.44. The summed E-state index contributed by atoms with van der Waals surface area (Å²) in [5.41, 5.74) is 3.57. The number of aromatic nitrogens is 3. The van der Waals surface area contributed by atoms with Crippen molar-refractivity contribution in [3.05, 3.63) is 78.9 Å². The summed E-state index contributed by atoms with van der Waals surface area (Å²) in [6, 6.07) is 15.6. The van der Waals surface area contributed by atoms with Crippen LogP contribution in [0.5, 0.6) is 0 Å². The third kappa shape index (κ3) is 4.07. The van der Waals surface area contributed by atoms with E-state index in [4.69, 9.17) is 0 Å². The van der Waals surface area contributed by atoms with Crippen LogP contribution in [0.15, 0.2) is 73.3 Å². The summed E-state index contributed by atoms with van der Waals surface area (Å²) in [6.07, 6.45) is 9.34. The summed E-state index contributed by atoms with van der Waals surface area (Å²) in [4.78, 5) is 24.3. The van der Waals surface area contributed by atoms with Crippen LogP contribution in [0.1, 0.15) is 23.2 Å². The van der Waals surface area contributed by atoms with Crippen molar-refractivity contribution >= 4 is 34.0 Å². The van der Waals surface area contributed by atoms with E-state index in [0.717, 1.165) is 48.2 Å². The molecule has 0 unspecified atom stereocenters. The van der Waals surface area contributed by atoms with Crippen LogP contribution in [-0.2, 0) is 7.05 Å². The van der Waals surface area contributed by atoms with Crippen LogP contribution in [0.3, 0.4) is 0 Å². The molecule has 0 saturated carbocycles. The molecule has 1 atom stereocenters. The summed E-state index contributed by atoms with van der Waals surface area (Å²) in [7, 11) is 2.00. The first-order valence-electron chi connectivity index (χ1n) is 10.9. The van der Waals surface area contributed by atoms with Gasteiger partial charge in [-0.2, -0.15) is 0 Å². The lowest BCUT2D eigenvalue weighted by Crippen LogP contribution is -2.49. The zero-order chi connectivity index (χ0) is 21.9. The molecule has 1 aromatic carbocycles. The topological polar surface area (TPSA) is 75.1 Å². The number of nitrogens with one attached hydrogen (secondary N) is 2. The Morgan fingerprint density at radius 1 is 1.12 bits per heavy atom. The molecule has 1 aliphatic rings. The van der Waals surface area contributed by atoms with Gasteiger partial charge in [0.25, 0.3) is 5.91 Å². The molecule has 0 spiro atoms. The standard InChI is InChI=1S/C25H26N6O/c1-30-14-10-19-15-24(28-17-23(19)30)31(22-3-2-11-27-16-22)25(32)18-4-6-20(7-5-18)29-21-8-12-26-13-9-21/h4-10,12-15,17,22,27H,2-3,11,16H2,1H3,(H,26,29)/t22-/m1/s1. The zero-order valence-electron chi connectivity index (χ0n) is 18.0. The second kappa shape index (κ2) is 8.80. The van der Waals surface area contributed by atoms with Crippen LogP contribution >= 0.6 is 0 Å². The lowest BCUT2D eigenvalue weighted by atomic mass is 10.0. The highest BCUT2D eigenvalue weighted by Gasteiger charge is 2.29. The summed E-state index contributed by atoms with van der Waals surface area (Å²) in [6.45, 7) is 1.75. The molecule has 1 fully saturated rings. The van der Waals surface area contributed by atoms with Crippen molar-refractivity contribution in [2.24, 2.45) is 7.05 Å². The molecule has 1 aliphatic heterocycles. The predicted molar refractivity (Wildman–Crippen MR) is 127 cm³/mol. The number of nitrogens with zero attached hydrogens (tertiary/aromatic N) is 4. The van der Waals surface area contributed by atoms with Crippen LogP contribution in [0.4, 0.5) is 17.2 Å². The number of hydrogen-bond donors (Lipinski definition) is 2. The van der Waals surface area contributed by atoms with Crippen molar-refractivity contribution in [1.82, 2.24) is 19.9 Å². The Hall–Kier alpha value is -3.71. The average molecular weight is 427 g/mol. The molecule has 5 rings (SSSR count).